The number of amides is 1. The number of carbonyl (C=O) groups excluding carboxylic acids is 3. The zero-order valence-corrected chi connectivity index (χ0v) is 26.0. The number of benzene rings is 1. The van der Waals surface area contributed by atoms with Gasteiger partial charge in [-0.25, -0.2) is 9.78 Å². The maximum Gasteiger partial charge on any atom is 0.328 e. The van der Waals surface area contributed by atoms with E-state index in [2.05, 4.69) is 6.08 Å². The predicted molar refractivity (Wildman–Crippen MR) is 163 cm³/mol. The van der Waals surface area contributed by atoms with Crippen molar-refractivity contribution in [2.75, 3.05) is 20.8 Å². The lowest BCUT2D eigenvalue weighted by Gasteiger charge is -2.34. The minimum Gasteiger partial charge on any atom is -0.497 e. The number of rotatable bonds is 2. The number of hydrogen-bond acceptors (Lipinski definition) is 8. The standard InChI is InChI=1S/C34H44N2O7/c1-34(2,3)25-19-31(37)43-29-13-9-11-21(29)10-7-6-8-12-27-30(17-22-16-23(40-4)14-15-26(22)35-27)42-24-18-28(33(39)41-5)36(20-24)32(25)38/h8,12,14-17,21,24-25,28-29H,6-7,9-11,13,18-20H2,1-5H3/b12-8+/t21-,24-,25-,28+,29-/m1/s1. The molecule has 5 rings (SSSR count). The summed E-state index contributed by atoms with van der Waals surface area (Å²) in [6, 6.07) is 6.83. The molecule has 2 aliphatic heterocycles. The van der Waals surface area contributed by atoms with Gasteiger partial charge in [-0.2, -0.15) is 0 Å². The van der Waals surface area contributed by atoms with Crippen LogP contribution in [-0.2, 0) is 23.9 Å². The van der Waals surface area contributed by atoms with Crippen molar-refractivity contribution >= 4 is 34.8 Å². The minimum absolute atomic E-state index is 0.0369. The summed E-state index contributed by atoms with van der Waals surface area (Å²) in [5.41, 5.74) is 0.970. The van der Waals surface area contributed by atoms with E-state index in [-0.39, 0.29) is 37.4 Å². The number of esters is 2. The molecule has 3 heterocycles. The first-order valence-corrected chi connectivity index (χ1v) is 15.5. The molecule has 9 nitrogen and oxygen atoms in total. The lowest BCUT2D eigenvalue weighted by atomic mass is 9.77. The lowest BCUT2D eigenvalue weighted by molar-refractivity contribution is -0.159. The van der Waals surface area contributed by atoms with Gasteiger partial charge in [-0.15, -0.1) is 0 Å². The van der Waals surface area contributed by atoms with Crippen molar-refractivity contribution in [1.82, 2.24) is 9.88 Å². The SMILES string of the molecule is COC(=O)[C@@H]1C[C@@H]2CN1C(=O)[C@H](C(C)(C)C)CC(=O)O[C@@H]1CCC[C@H]1CCC/C=C/c1nc3ccc(OC)cc3cc1O2. The molecule has 0 radical (unpaired) electrons. The van der Waals surface area contributed by atoms with E-state index in [0.29, 0.717) is 23.1 Å². The van der Waals surface area contributed by atoms with E-state index in [0.717, 1.165) is 49.4 Å². The third-order valence-electron chi connectivity index (χ3n) is 9.14. The number of allylic oxidation sites excluding steroid dienone is 1. The van der Waals surface area contributed by atoms with Crippen molar-refractivity contribution in [3.8, 4) is 11.5 Å². The second-order valence-electron chi connectivity index (χ2n) is 13.1. The monoisotopic (exact) mass is 592 g/mol. The van der Waals surface area contributed by atoms with Gasteiger partial charge in [-0.05, 0) is 80.2 Å². The molecule has 0 spiro atoms. The average Bonchev–Trinajstić information content (AvgIpc) is 3.60. The first kappa shape index (κ1) is 30.8. The Morgan fingerprint density at radius 3 is 2.58 bits per heavy atom. The topological polar surface area (TPSA) is 104 Å². The van der Waals surface area contributed by atoms with Crippen LogP contribution in [0.1, 0.15) is 77.8 Å². The molecule has 1 aliphatic carbocycles. The van der Waals surface area contributed by atoms with E-state index in [1.54, 1.807) is 7.11 Å². The summed E-state index contributed by atoms with van der Waals surface area (Å²) in [6.07, 6.45) is 9.45. The maximum absolute atomic E-state index is 14.2. The highest BCUT2D eigenvalue weighted by atomic mass is 16.5. The van der Waals surface area contributed by atoms with Crippen molar-refractivity contribution in [2.24, 2.45) is 17.3 Å². The Morgan fingerprint density at radius 1 is 1.05 bits per heavy atom. The number of fused-ring (bicyclic) bond motifs is 5. The largest absolute Gasteiger partial charge is 0.497 e. The molecule has 1 aromatic heterocycles. The van der Waals surface area contributed by atoms with Gasteiger partial charge in [-0.1, -0.05) is 26.8 Å². The smallest absolute Gasteiger partial charge is 0.328 e. The van der Waals surface area contributed by atoms with E-state index in [1.165, 1.54) is 12.0 Å². The predicted octanol–water partition coefficient (Wildman–Crippen LogP) is 5.73. The van der Waals surface area contributed by atoms with Crippen molar-refractivity contribution in [2.45, 2.75) is 90.4 Å². The van der Waals surface area contributed by atoms with Crippen LogP contribution in [-0.4, -0.2) is 66.7 Å². The quantitative estimate of drug-likeness (QED) is 0.408. The van der Waals surface area contributed by atoms with Gasteiger partial charge in [0.25, 0.3) is 0 Å². The summed E-state index contributed by atoms with van der Waals surface area (Å²) in [4.78, 5) is 46.8. The number of hydrogen-bond donors (Lipinski definition) is 0. The number of nitrogens with zero attached hydrogens (tertiary/aromatic N) is 2. The second-order valence-corrected chi connectivity index (χ2v) is 13.1. The van der Waals surface area contributed by atoms with Gasteiger partial charge < -0.3 is 23.8 Å². The molecule has 0 N–H and O–H groups in total. The molecule has 5 atom stereocenters. The summed E-state index contributed by atoms with van der Waals surface area (Å²) < 4.78 is 23.1. The maximum atomic E-state index is 14.2. The Hall–Kier alpha value is -3.62. The Balaban J connectivity index is 1.53. The van der Waals surface area contributed by atoms with Gasteiger partial charge in [0, 0.05) is 11.8 Å². The van der Waals surface area contributed by atoms with Crippen molar-refractivity contribution < 1.29 is 33.3 Å². The van der Waals surface area contributed by atoms with E-state index >= 15 is 0 Å². The average molecular weight is 593 g/mol. The van der Waals surface area contributed by atoms with Crippen molar-refractivity contribution in [3.63, 3.8) is 0 Å². The van der Waals surface area contributed by atoms with Gasteiger partial charge >= 0.3 is 11.9 Å². The Morgan fingerprint density at radius 2 is 1.84 bits per heavy atom. The molecule has 1 saturated heterocycles. The first-order valence-electron chi connectivity index (χ1n) is 15.5. The molecule has 232 valence electrons. The molecule has 2 aromatic rings. The number of carbonyl (C=O) groups is 3. The summed E-state index contributed by atoms with van der Waals surface area (Å²) in [7, 11) is 2.94. The van der Waals surface area contributed by atoms with Crippen LogP contribution in [0.4, 0.5) is 0 Å². The van der Waals surface area contributed by atoms with Crippen LogP contribution in [0.2, 0.25) is 0 Å². The fourth-order valence-corrected chi connectivity index (χ4v) is 6.69. The first-order chi connectivity index (χ1) is 20.6. The zero-order valence-electron chi connectivity index (χ0n) is 26.0. The molecule has 43 heavy (non-hydrogen) atoms. The Bertz CT molecular complexity index is 1380. The summed E-state index contributed by atoms with van der Waals surface area (Å²) in [6.45, 7) is 6.01. The fourth-order valence-electron chi connectivity index (χ4n) is 6.69. The third kappa shape index (κ3) is 6.97. The third-order valence-corrected chi connectivity index (χ3v) is 9.14. The molecule has 1 amide bonds. The summed E-state index contributed by atoms with van der Waals surface area (Å²) in [5, 5.41) is 0.864. The molecule has 2 bridgehead atoms. The van der Waals surface area contributed by atoms with Crippen LogP contribution < -0.4 is 9.47 Å². The van der Waals surface area contributed by atoms with E-state index in [9.17, 15) is 14.4 Å². The van der Waals surface area contributed by atoms with Crippen LogP contribution in [0.25, 0.3) is 17.0 Å². The number of aromatic nitrogens is 1. The van der Waals surface area contributed by atoms with Crippen molar-refractivity contribution in [1.29, 1.82) is 0 Å². The van der Waals surface area contributed by atoms with Crippen LogP contribution in [0, 0.1) is 17.3 Å². The number of pyridine rings is 1. The normalized spacial score (nSPS) is 27.7. The zero-order chi connectivity index (χ0) is 30.7. The van der Waals surface area contributed by atoms with E-state index in [4.69, 9.17) is 23.9 Å². The molecule has 0 unspecified atom stereocenters. The molecular formula is C34H44N2O7. The van der Waals surface area contributed by atoms with Gasteiger partial charge in [0.05, 0.1) is 38.6 Å². The van der Waals surface area contributed by atoms with Gasteiger partial charge in [0.15, 0.2) is 0 Å². The second kappa shape index (κ2) is 12.9. The molecule has 9 heteroatoms. The van der Waals surface area contributed by atoms with Crippen molar-refractivity contribution in [3.05, 3.63) is 36.0 Å². The number of ether oxygens (including phenoxy) is 4. The summed E-state index contributed by atoms with van der Waals surface area (Å²) in [5.74, 6) is -0.186. The highest BCUT2D eigenvalue weighted by molar-refractivity contribution is 5.89. The molecule has 2 fully saturated rings. The van der Waals surface area contributed by atoms with E-state index in [1.807, 2.05) is 51.1 Å². The molecule has 3 aliphatic rings. The lowest BCUT2D eigenvalue weighted by Crippen LogP contribution is -2.48. The molecular weight excluding hydrogens is 548 g/mol. The minimum atomic E-state index is -0.822. The number of methoxy groups -OCH3 is 2. The van der Waals surface area contributed by atoms with Crippen LogP contribution in [0.15, 0.2) is 30.3 Å². The van der Waals surface area contributed by atoms with Crippen LogP contribution in [0.5, 0.6) is 11.5 Å². The van der Waals surface area contributed by atoms with Gasteiger partial charge in [-0.3, -0.25) is 9.59 Å². The molecule has 1 saturated carbocycles. The molecule has 1 aromatic carbocycles. The highest BCUT2D eigenvalue weighted by Crippen LogP contribution is 2.37. The van der Waals surface area contributed by atoms with E-state index < -0.39 is 29.4 Å². The van der Waals surface area contributed by atoms with Gasteiger partial charge in [0.1, 0.15) is 35.4 Å². The summed E-state index contributed by atoms with van der Waals surface area (Å²) >= 11 is 0. The Kier molecular flexibility index (Phi) is 9.28. The van der Waals surface area contributed by atoms with Crippen LogP contribution >= 0.6 is 0 Å². The van der Waals surface area contributed by atoms with Crippen LogP contribution in [0.3, 0.4) is 0 Å². The Labute approximate surface area is 253 Å². The van der Waals surface area contributed by atoms with Gasteiger partial charge in [0.2, 0.25) is 5.91 Å². The fraction of sp³-hybridized carbons (Fsp3) is 0.588. The highest BCUT2D eigenvalue weighted by Gasteiger charge is 2.46.